The molecule has 28 heavy (non-hydrogen) atoms. The average molecular weight is 387 g/mol. The molecule has 3 heterocycles. The van der Waals surface area contributed by atoms with Crippen LogP contribution >= 0.6 is 0 Å². The number of carbonyl (C=O) groups excluding carboxylic acids is 2. The number of nitrogens with zero attached hydrogens (tertiary/aromatic N) is 2. The Hall–Kier alpha value is -1.95. The fourth-order valence-electron chi connectivity index (χ4n) is 5.22. The Balaban J connectivity index is 1.60. The number of fused-ring (bicyclic) bond motifs is 1. The summed E-state index contributed by atoms with van der Waals surface area (Å²) in [5, 5.41) is 3.66. The van der Waals surface area contributed by atoms with Crippen molar-refractivity contribution >= 4 is 11.8 Å². The topological polar surface area (TPSA) is 52.7 Å². The number of likely N-dealkylation sites (tertiary alicyclic amines) is 2. The summed E-state index contributed by atoms with van der Waals surface area (Å²) in [6.45, 7) is 4.03. The molecule has 0 spiro atoms. The minimum absolute atomic E-state index is 0.0338. The summed E-state index contributed by atoms with van der Waals surface area (Å²) >= 11 is 0. The predicted molar refractivity (Wildman–Crippen MR) is 105 cm³/mol. The first-order chi connectivity index (χ1) is 13.6. The minimum Gasteiger partial charge on any atom is -0.336 e. The molecule has 1 aromatic rings. The summed E-state index contributed by atoms with van der Waals surface area (Å²) in [7, 11) is 0. The van der Waals surface area contributed by atoms with Crippen molar-refractivity contribution < 1.29 is 14.0 Å². The van der Waals surface area contributed by atoms with Gasteiger partial charge in [-0.15, -0.1) is 0 Å². The second kappa shape index (κ2) is 8.19. The summed E-state index contributed by atoms with van der Waals surface area (Å²) in [6, 6.07) is 6.58. The Morgan fingerprint density at radius 3 is 2.86 bits per heavy atom. The van der Waals surface area contributed by atoms with E-state index in [0.717, 1.165) is 44.2 Å². The highest BCUT2D eigenvalue weighted by atomic mass is 19.1. The van der Waals surface area contributed by atoms with Crippen LogP contribution in [0.25, 0.3) is 0 Å². The van der Waals surface area contributed by atoms with Crippen molar-refractivity contribution in [1.82, 2.24) is 15.1 Å². The van der Waals surface area contributed by atoms with Gasteiger partial charge < -0.3 is 15.1 Å². The first-order valence-corrected chi connectivity index (χ1v) is 10.6. The highest BCUT2D eigenvalue weighted by Crippen LogP contribution is 2.36. The highest BCUT2D eigenvalue weighted by Gasteiger charge is 2.46. The molecule has 5 nitrogen and oxygen atoms in total. The molecular weight excluding hydrogens is 357 g/mol. The van der Waals surface area contributed by atoms with Gasteiger partial charge in [-0.1, -0.05) is 25.0 Å². The van der Waals surface area contributed by atoms with Crippen LogP contribution in [0.5, 0.6) is 0 Å². The standard InChI is InChI=1S/C22H30FN3O2/c1-15(25-12-6-10-20(25)27)22(28)26-14-18(16-7-5-8-17(23)13-16)21-19(26)9-3-2-4-11-24-21/h5,7-8,13,15,18-19,21,24H,2-4,6,9-12,14H2,1H3/t15-,18+,19-,21+/m1/s1. The van der Waals surface area contributed by atoms with Crippen molar-refractivity contribution in [3.05, 3.63) is 35.6 Å². The lowest BCUT2D eigenvalue weighted by molar-refractivity contribution is -0.143. The molecule has 1 N–H and O–H groups in total. The maximum Gasteiger partial charge on any atom is 0.245 e. The molecule has 4 atom stereocenters. The van der Waals surface area contributed by atoms with Crippen molar-refractivity contribution in [2.24, 2.45) is 0 Å². The Bertz CT molecular complexity index is 740. The number of hydrogen-bond donors (Lipinski definition) is 1. The smallest absolute Gasteiger partial charge is 0.245 e. The van der Waals surface area contributed by atoms with E-state index in [1.165, 1.54) is 6.07 Å². The van der Waals surface area contributed by atoms with Gasteiger partial charge in [0, 0.05) is 37.5 Å². The predicted octanol–water partition coefficient (Wildman–Crippen LogP) is 2.66. The minimum atomic E-state index is -0.424. The SMILES string of the molecule is C[C@H](C(=O)N1C[C@@H](c2cccc(F)c2)[C@@H]2NCCCCC[C@H]21)N1CCCC1=O. The Labute approximate surface area is 166 Å². The third-order valence-corrected chi connectivity index (χ3v) is 6.69. The monoisotopic (exact) mass is 387 g/mol. The van der Waals surface area contributed by atoms with Crippen LogP contribution in [0, 0.1) is 5.82 Å². The van der Waals surface area contributed by atoms with Crippen molar-refractivity contribution in [3.8, 4) is 0 Å². The Kier molecular flexibility index (Phi) is 5.67. The van der Waals surface area contributed by atoms with Gasteiger partial charge in [-0.25, -0.2) is 4.39 Å². The number of carbonyl (C=O) groups is 2. The molecule has 4 rings (SSSR count). The fourth-order valence-corrected chi connectivity index (χ4v) is 5.22. The molecule has 0 unspecified atom stereocenters. The number of benzene rings is 1. The van der Waals surface area contributed by atoms with Crippen LogP contribution in [-0.4, -0.2) is 59.4 Å². The number of hydrogen-bond acceptors (Lipinski definition) is 3. The molecule has 0 bridgehead atoms. The number of nitrogens with one attached hydrogen (secondary N) is 1. The molecule has 3 saturated heterocycles. The van der Waals surface area contributed by atoms with Gasteiger partial charge in [0.25, 0.3) is 0 Å². The highest BCUT2D eigenvalue weighted by molar-refractivity contribution is 5.88. The summed E-state index contributed by atoms with van der Waals surface area (Å²) in [6.07, 6.45) is 5.71. The van der Waals surface area contributed by atoms with Gasteiger partial charge in [-0.3, -0.25) is 9.59 Å². The summed E-state index contributed by atoms with van der Waals surface area (Å²) in [5.41, 5.74) is 0.947. The van der Waals surface area contributed by atoms with Crippen LogP contribution in [0.1, 0.15) is 56.9 Å². The maximum absolute atomic E-state index is 13.9. The fraction of sp³-hybridized carbons (Fsp3) is 0.636. The van der Waals surface area contributed by atoms with E-state index in [-0.39, 0.29) is 35.6 Å². The zero-order valence-electron chi connectivity index (χ0n) is 16.6. The third-order valence-electron chi connectivity index (χ3n) is 6.69. The molecule has 3 aliphatic rings. The third kappa shape index (κ3) is 3.66. The van der Waals surface area contributed by atoms with Crippen LogP contribution < -0.4 is 5.32 Å². The van der Waals surface area contributed by atoms with Gasteiger partial charge in [0.05, 0.1) is 0 Å². The van der Waals surface area contributed by atoms with E-state index in [4.69, 9.17) is 0 Å². The lowest BCUT2D eigenvalue weighted by Crippen LogP contribution is -2.52. The molecule has 3 fully saturated rings. The second-order valence-electron chi connectivity index (χ2n) is 8.42. The zero-order chi connectivity index (χ0) is 19.7. The van der Waals surface area contributed by atoms with Gasteiger partial charge in [0.2, 0.25) is 11.8 Å². The quantitative estimate of drug-likeness (QED) is 0.868. The van der Waals surface area contributed by atoms with Gasteiger partial charge in [-0.05, 0) is 50.4 Å². The van der Waals surface area contributed by atoms with Crippen molar-refractivity contribution in [2.45, 2.75) is 69.5 Å². The molecule has 3 aliphatic heterocycles. The van der Waals surface area contributed by atoms with E-state index in [1.807, 2.05) is 17.9 Å². The number of halogens is 1. The molecule has 152 valence electrons. The molecular formula is C22H30FN3O2. The molecule has 0 aromatic heterocycles. The van der Waals surface area contributed by atoms with Gasteiger partial charge in [-0.2, -0.15) is 0 Å². The average Bonchev–Trinajstić information content (AvgIpc) is 3.23. The van der Waals surface area contributed by atoms with Crippen molar-refractivity contribution in [3.63, 3.8) is 0 Å². The molecule has 6 heteroatoms. The second-order valence-corrected chi connectivity index (χ2v) is 8.42. The first-order valence-electron chi connectivity index (χ1n) is 10.6. The Morgan fingerprint density at radius 2 is 2.11 bits per heavy atom. The van der Waals surface area contributed by atoms with Crippen molar-refractivity contribution in [2.75, 3.05) is 19.6 Å². The molecule has 0 saturated carbocycles. The number of amides is 2. The van der Waals surface area contributed by atoms with E-state index < -0.39 is 6.04 Å². The van der Waals surface area contributed by atoms with E-state index in [9.17, 15) is 14.0 Å². The van der Waals surface area contributed by atoms with Crippen molar-refractivity contribution in [1.29, 1.82) is 0 Å². The Morgan fingerprint density at radius 1 is 1.25 bits per heavy atom. The van der Waals surface area contributed by atoms with Gasteiger partial charge in [0.1, 0.15) is 11.9 Å². The van der Waals surface area contributed by atoms with Crippen LogP contribution in [0.15, 0.2) is 24.3 Å². The lowest BCUT2D eigenvalue weighted by Gasteiger charge is -2.34. The van der Waals surface area contributed by atoms with E-state index in [0.29, 0.717) is 19.5 Å². The van der Waals surface area contributed by atoms with Crippen LogP contribution in [-0.2, 0) is 9.59 Å². The molecule has 0 aliphatic carbocycles. The van der Waals surface area contributed by atoms with Gasteiger partial charge in [0.15, 0.2) is 0 Å². The van der Waals surface area contributed by atoms with E-state index >= 15 is 0 Å². The molecule has 2 amide bonds. The summed E-state index contributed by atoms with van der Waals surface area (Å²) in [4.78, 5) is 29.3. The summed E-state index contributed by atoms with van der Waals surface area (Å²) < 4.78 is 13.9. The summed E-state index contributed by atoms with van der Waals surface area (Å²) in [5.74, 6) is -0.0504. The van der Waals surface area contributed by atoms with Crippen LogP contribution in [0.4, 0.5) is 4.39 Å². The molecule has 0 radical (unpaired) electrons. The van der Waals surface area contributed by atoms with E-state index in [2.05, 4.69) is 5.32 Å². The van der Waals surface area contributed by atoms with E-state index in [1.54, 1.807) is 17.0 Å². The number of rotatable bonds is 3. The van der Waals surface area contributed by atoms with Crippen LogP contribution in [0.3, 0.4) is 0 Å². The lowest BCUT2D eigenvalue weighted by atomic mass is 9.88. The van der Waals surface area contributed by atoms with Crippen LogP contribution in [0.2, 0.25) is 0 Å². The molecule has 1 aromatic carbocycles. The normalized spacial score (nSPS) is 29.4. The maximum atomic E-state index is 13.9. The van der Waals surface area contributed by atoms with Gasteiger partial charge >= 0.3 is 0 Å². The largest absolute Gasteiger partial charge is 0.336 e. The zero-order valence-corrected chi connectivity index (χ0v) is 16.6. The first kappa shape index (κ1) is 19.4.